The van der Waals surface area contributed by atoms with E-state index in [0.717, 1.165) is 17.2 Å². The molecule has 0 aromatic heterocycles. The minimum absolute atomic E-state index is 0.325. The van der Waals surface area contributed by atoms with Crippen molar-refractivity contribution in [3.05, 3.63) is 0 Å². The second-order valence-electron chi connectivity index (χ2n) is 6.13. The Morgan fingerprint density at radius 2 is 1.88 bits per heavy atom. The molecule has 1 aliphatic rings. The van der Waals surface area contributed by atoms with Gasteiger partial charge in [-0.25, -0.2) is 0 Å². The monoisotopic (exact) mass is 290 g/mol. The van der Waals surface area contributed by atoms with Crippen molar-refractivity contribution >= 4 is 15.9 Å². The van der Waals surface area contributed by atoms with E-state index in [0.29, 0.717) is 5.54 Å². The Labute approximate surface area is 109 Å². The van der Waals surface area contributed by atoms with Gasteiger partial charge in [-0.05, 0) is 32.7 Å². The van der Waals surface area contributed by atoms with Crippen LogP contribution in [0.15, 0.2) is 0 Å². The van der Waals surface area contributed by atoms with Crippen LogP contribution in [-0.4, -0.2) is 53.9 Å². The molecule has 1 fully saturated rings. The van der Waals surface area contributed by atoms with E-state index in [4.69, 9.17) is 0 Å². The fraction of sp³-hybridized carbons (Fsp3) is 1.00. The lowest BCUT2D eigenvalue weighted by molar-refractivity contribution is 0.0304. The van der Waals surface area contributed by atoms with Gasteiger partial charge in [0.05, 0.1) is 0 Å². The van der Waals surface area contributed by atoms with Crippen LogP contribution in [-0.2, 0) is 0 Å². The summed E-state index contributed by atoms with van der Waals surface area (Å²) in [5.74, 6) is 1.54. The fourth-order valence-electron chi connectivity index (χ4n) is 2.27. The van der Waals surface area contributed by atoms with Gasteiger partial charge in [0.2, 0.25) is 0 Å². The van der Waals surface area contributed by atoms with Gasteiger partial charge in [0.25, 0.3) is 0 Å². The normalized spacial score (nSPS) is 24.9. The molecule has 0 aromatic rings. The molecule has 1 saturated heterocycles. The van der Waals surface area contributed by atoms with Crippen LogP contribution < -0.4 is 0 Å². The Kier molecular flexibility index (Phi) is 5.27. The molecule has 1 atom stereocenters. The number of hydrogen-bond donors (Lipinski definition) is 0. The second-order valence-corrected chi connectivity index (χ2v) is 6.77. The molecule has 0 amide bonds. The van der Waals surface area contributed by atoms with Crippen LogP contribution in [0.4, 0.5) is 0 Å². The third-order valence-electron chi connectivity index (χ3n) is 4.03. The molecule has 1 aliphatic heterocycles. The van der Waals surface area contributed by atoms with Crippen molar-refractivity contribution in [3.63, 3.8) is 0 Å². The maximum Gasteiger partial charge on any atom is 0.0277 e. The van der Waals surface area contributed by atoms with Crippen molar-refractivity contribution < 1.29 is 0 Å². The maximum absolute atomic E-state index is 3.65. The number of piperazine rings is 1. The number of rotatable bonds is 4. The van der Waals surface area contributed by atoms with Crippen LogP contribution in [0.1, 0.15) is 27.7 Å². The first-order valence-electron chi connectivity index (χ1n) is 6.36. The molecule has 1 heterocycles. The Balaban J connectivity index is 2.50. The highest BCUT2D eigenvalue weighted by Gasteiger charge is 2.31. The van der Waals surface area contributed by atoms with E-state index >= 15 is 0 Å². The van der Waals surface area contributed by atoms with E-state index in [1.54, 1.807) is 0 Å². The summed E-state index contributed by atoms with van der Waals surface area (Å²) in [6, 6.07) is 0. The van der Waals surface area contributed by atoms with E-state index in [-0.39, 0.29) is 0 Å². The molecule has 1 rings (SSSR count). The van der Waals surface area contributed by atoms with E-state index in [1.807, 2.05) is 0 Å². The highest BCUT2D eigenvalue weighted by Crippen LogP contribution is 2.22. The van der Waals surface area contributed by atoms with Crippen LogP contribution in [0.25, 0.3) is 0 Å². The summed E-state index contributed by atoms with van der Waals surface area (Å²) in [6.07, 6.45) is 0. The zero-order valence-electron chi connectivity index (χ0n) is 11.5. The van der Waals surface area contributed by atoms with Gasteiger partial charge in [0.1, 0.15) is 0 Å². The number of nitrogens with zero attached hydrogens (tertiary/aromatic N) is 2. The van der Waals surface area contributed by atoms with E-state index in [1.165, 1.54) is 26.2 Å². The number of hydrogen-bond acceptors (Lipinski definition) is 2. The summed E-state index contributed by atoms with van der Waals surface area (Å²) >= 11 is 3.65. The average Bonchev–Trinajstić information content (AvgIpc) is 2.19. The van der Waals surface area contributed by atoms with Gasteiger partial charge in [0, 0.05) is 37.0 Å². The molecule has 1 unspecified atom stereocenters. The highest BCUT2D eigenvalue weighted by atomic mass is 79.9. The predicted molar refractivity (Wildman–Crippen MR) is 75.3 cm³/mol. The van der Waals surface area contributed by atoms with Gasteiger partial charge in [0.15, 0.2) is 0 Å². The number of halogens is 1. The Morgan fingerprint density at radius 3 is 2.31 bits per heavy atom. The summed E-state index contributed by atoms with van der Waals surface area (Å²) < 4.78 is 0. The average molecular weight is 291 g/mol. The predicted octanol–water partition coefficient (Wildman–Crippen LogP) is 2.68. The molecule has 0 aliphatic carbocycles. The zero-order valence-corrected chi connectivity index (χ0v) is 13.0. The molecule has 0 spiro atoms. The lowest BCUT2D eigenvalue weighted by Crippen LogP contribution is -2.58. The summed E-state index contributed by atoms with van der Waals surface area (Å²) in [4.78, 5) is 5.11. The lowest BCUT2D eigenvalue weighted by atomic mass is 9.94. The molecule has 16 heavy (non-hydrogen) atoms. The Hall–Kier alpha value is 0.400. The third kappa shape index (κ3) is 3.71. The van der Waals surface area contributed by atoms with Crippen LogP contribution in [0.3, 0.4) is 0 Å². The highest BCUT2D eigenvalue weighted by molar-refractivity contribution is 9.09. The SMILES string of the molecule is CC(C)C(CBr)CN1CCN(C)C(C)(C)C1. The molecule has 3 heteroatoms. The molecule has 2 nitrogen and oxygen atoms in total. The minimum Gasteiger partial charge on any atom is -0.300 e. The summed E-state index contributed by atoms with van der Waals surface area (Å²) in [7, 11) is 2.24. The molecule has 0 aromatic carbocycles. The molecule has 0 N–H and O–H groups in total. The van der Waals surface area contributed by atoms with Gasteiger partial charge in [-0.1, -0.05) is 29.8 Å². The van der Waals surface area contributed by atoms with Gasteiger partial charge in [-0.3, -0.25) is 9.80 Å². The van der Waals surface area contributed by atoms with Gasteiger partial charge in [-0.2, -0.15) is 0 Å². The van der Waals surface area contributed by atoms with Crippen LogP contribution >= 0.6 is 15.9 Å². The van der Waals surface area contributed by atoms with Crippen molar-refractivity contribution in [2.24, 2.45) is 11.8 Å². The van der Waals surface area contributed by atoms with Crippen molar-refractivity contribution in [3.8, 4) is 0 Å². The Morgan fingerprint density at radius 1 is 1.25 bits per heavy atom. The van der Waals surface area contributed by atoms with Gasteiger partial charge in [-0.15, -0.1) is 0 Å². The fourth-order valence-corrected chi connectivity index (χ4v) is 3.22. The maximum atomic E-state index is 3.65. The second kappa shape index (κ2) is 5.83. The Bertz CT molecular complexity index is 216. The van der Waals surface area contributed by atoms with Crippen LogP contribution in [0.5, 0.6) is 0 Å². The first-order valence-corrected chi connectivity index (χ1v) is 7.48. The van der Waals surface area contributed by atoms with E-state index in [9.17, 15) is 0 Å². The number of likely N-dealkylation sites (N-methyl/N-ethyl adjacent to an activating group) is 1. The lowest BCUT2D eigenvalue weighted by Gasteiger charge is -2.46. The van der Waals surface area contributed by atoms with Crippen molar-refractivity contribution in [2.45, 2.75) is 33.2 Å². The molecule has 0 radical (unpaired) electrons. The quantitative estimate of drug-likeness (QED) is 0.735. The smallest absolute Gasteiger partial charge is 0.0277 e. The third-order valence-corrected chi connectivity index (χ3v) is 4.86. The van der Waals surface area contributed by atoms with Gasteiger partial charge >= 0.3 is 0 Å². The first-order chi connectivity index (χ1) is 7.36. The van der Waals surface area contributed by atoms with Crippen molar-refractivity contribution in [1.82, 2.24) is 9.80 Å². The number of alkyl halides is 1. The summed E-state index contributed by atoms with van der Waals surface area (Å²) in [6.45, 7) is 14.2. The molecule has 0 saturated carbocycles. The van der Waals surface area contributed by atoms with Crippen LogP contribution in [0.2, 0.25) is 0 Å². The summed E-state index contributed by atoms with van der Waals surface area (Å²) in [5.41, 5.74) is 0.325. The van der Waals surface area contributed by atoms with Gasteiger partial charge < -0.3 is 0 Å². The van der Waals surface area contributed by atoms with Crippen LogP contribution in [0, 0.1) is 11.8 Å². The molecule has 96 valence electrons. The minimum atomic E-state index is 0.325. The van der Waals surface area contributed by atoms with E-state index < -0.39 is 0 Å². The van der Waals surface area contributed by atoms with E-state index in [2.05, 4.69) is 60.5 Å². The molecular formula is C13H27BrN2. The molecule has 0 bridgehead atoms. The molecular weight excluding hydrogens is 264 g/mol. The largest absolute Gasteiger partial charge is 0.300 e. The standard InChI is InChI=1S/C13H27BrN2/c1-11(2)12(8-14)9-16-7-6-15(5)13(3,4)10-16/h11-12H,6-10H2,1-5H3. The van der Waals surface area contributed by atoms with Crippen molar-refractivity contribution in [2.75, 3.05) is 38.6 Å². The van der Waals surface area contributed by atoms with Crippen molar-refractivity contribution in [1.29, 1.82) is 0 Å². The first kappa shape index (κ1) is 14.5. The zero-order chi connectivity index (χ0) is 12.3. The topological polar surface area (TPSA) is 6.48 Å². The summed E-state index contributed by atoms with van der Waals surface area (Å²) in [5, 5.41) is 1.12.